The van der Waals surface area contributed by atoms with E-state index >= 15 is 0 Å². The highest BCUT2D eigenvalue weighted by molar-refractivity contribution is 5.96. The fourth-order valence-corrected chi connectivity index (χ4v) is 4.22. The highest BCUT2D eigenvalue weighted by Crippen LogP contribution is 2.38. The summed E-state index contributed by atoms with van der Waals surface area (Å²) >= 11 is 0. The van der Waals surface area contributed by atoms with Gasteiger partial charge in [-0.25, -0.2) is 0 Å². The zero-order chi connectivity index (χ0) is 20.8. The summed E-state index contributed by atoms with van der Waals surface area (Å²) in [6.07, 6.45) is 2.62. The van der Waals surface area contributed by atoms with E-state index < -0.39 is 18.0 Å². The van der Waals surface area contributed by atoms with Gasteiger partial charge in [0.25, 0.3) is 5.91 Å². The van der Waals surface area contributed by atoms with E-state index in [-0.39, 0.29) is 29.3 Å². The summed E-state index contributed by atoms with van der Waals surface area (Å²) in [5.41, 5.74) is 0.683. The Labute approximate surface area is 164 Å². The largest absolute Gasteiger partial charge is 0.573 e. The highest BCUT2D eigenvalue weighted by Gasteiger charge is 2.46. The van der Waals surface area contributed by atoms with E-state index in [1.165, 1.54) is 23.0 Å². The summed E-state index contributed by atoms with van der Waals surface area (Å²) in [4.78, 5) is 14.4. The highest BCUT2D eigenvalue weighted by atomic mass is 19.4. The summed E-state index contributed by atoms with van der Waals surface area (Å²) in [5.74, 6) is -0.963. The molecule has 0 radical (unpaired) electrons. The fourth-order valence-electron chi connectivity index (χ4n) is 4.22. The lowest BCUT2D eigenvalue weighted by atomic mass is 9.95. The normalized spacial score (nSPS) is 23.1. The molecule has 0 aliphatic carbocycles. The number of alkyl halides is 3. The number of aryl methyl sites for hydroxylation is 1. The second kappa shape index (κ2) is 6.99. The average molecular weight is 405 g/mol. The van der Waals surface area contributed by atoms with Gasteiger partial charge in [0.2, 0.25) is 0 Å². The Hall–Kier alpha value is -3.22. The molecule has 2 fully saturated rings. The summed E-state index contributed by atoms with van der Waals surface area (Å²) in [6, 6.07) is 3.80. The minimum Gasteiger partial charge on any atom is -0.405 e. The van der Waals surface area contributed by atoms with Crippen LogP contribution in [-0.2, 0) is 7.05 Å². The minimum absolute atomic E-state index is 0.0585. The fraction of sp³-hybridized carbons (Fsp3) is 0.421. The van der Waals surface area contributed by atoms with Crippen LogP contribution in [-0.4, -0.2) is 45.1 Å². The maximum atomic E-state index is 12.9. The Kier molecular flexibility index (Phi) is 4.61. The number of benzene rings is 1. The van der Waals surface area contributed by atoms with Gasteiger partial charge in [0, 0.05) is 36.0 Å². The van der Waals surface area contributed by atoms with E-state index in [1.54, 1.807) is 18.1 Å². The number of halogens is 3. The number of carbonyl (C=O) groups excluding carboxylic acids is 1. The Morgan fingerprint density at radius 2 is 2.17 bits per heavy atom. The average Bonchev–Trinajstić information content (AvgIpc) is 3.34. The number of hydrogen-bond acceptors (Lipinski definition) is 5. The van der Waals surface area contributed by atoms with Crippen LogP contribution < -0.4 is 10.1 Å². The maximum absolute atomic E-state index is 12.9. The molecule has 2 aromatic rings. The second-order valence-electron chi connectivity index (χ2n) is 7.28. The molecule has 1 aromatic carbocycles. The molecule has 7 nitrogen and oxygen atoms in total. The first-order valence-electron chi connectivity index (χ1n) is 9.13. The quantitative estimate of drug-likeness (QED) is 0.791. The number of ether oxygens (including phenoxy) is 1. The van der Waals surface area contributed by atoms with E-state index in [2.05, 4.69) is 21.3 Å². The molecule has 4 rings (SSSR count). The van der Waals surface area contributed by atoms with Gasteiger partial charge in [0.15, 0.2) is 6.19 Å². The molecule has 1 N–H and O–H groups in total. The van der Waals surface area contributed by atoms with Crippen molar-refractivity contribution in [3.05, 3.63) is 36.2 Å². The van der Waals surface area contributed by atoms with Crippen LogP contribution in [0, 0.1) is 11.5 Å². The van der Waals surface area contributed by atoms with Crippen LogP contribution in [0.25, 0.3) is 11.1 Å². The SMILES string of the molecule is Cn1cc(-c2ccc(C(=O)N[C@@H]3C[C@@H]4CC[C@H]3N4C#N)cc2OC(F)(F)F)cn1. The van der Waals surface area contributed by atoms with Gasteiger partial charge in [-0.3, -0.25) is 9.48 Å². The zero-order valence-corrected chi connectivity index (χ0v) is 15.5. The molecule has 29 heavy (non-hydrogen) atoms. The van der Waals surface area contributed by atoms with Crippen LogP contribution >= 0.6 is 0 Å². The third-order valence-corrected chi connectivity index (χ3v) is 5.45. The first-order chi connectivity index (χ1) is 13.7. The first kappa shape index (κ1) is 19.1. The van der Waals surface area contributed by atoms with E-state index in [4.69, 9.17) is 0 Å². The van der Waals surface area contributed by atoms with Gasteiger partial charge in [-0.1, -0.05) is 0 Å². The van der Waals surface area contributed by atoms with Crippen LogP contribution in [0.2, 0.25) is 0 Å². The molecule has 0 spiro atoms. The molecule has 0 saturated carbocycles. The van der Waals surface area contributed by atoms with Crippen LogP contribution in [0.3, 0.4) is 0 Å². The van der Waals surface area contributed by atoms with Crippen molar-refractivity contribution in [2.24, 2.45) is 7.05 Å². The monoisotopic (exact) mass is 405 g/mol. The van der Waals surface area contributed by atoms with Crippen LogP contribution in [0.1, 0.15) is 29.6 Å². The van der Waals surface area contributed by atoms with Crippen LogP contribution in [0.15, 0.2) is 30.6 Å². The molecule has 2 aliphatic heterocycles. The van der Waals surface area contributed by atoms with Crippen molar-refractivity contribution in [2.45, 2.75) is 43.8 Å². The van der Waals surface area contributed by atoms with Gasteiger partial charge in [0.1, 0.15) is 5.75 Å². The van der Waals surface area contributed by atoms with E-state index in [9.17, 15) is 23.2 Å². The number of rotatable bonds is 4. The van der Waals surface area contributed by atoms with Crippen molar-refractivity contribution in [3.8, 4) is 23.1 Å². The number of hydrogen-bond donors (Lipinski definition) is 1. The number of nitrogens with zero attached hydrogens (tertiary/aromatic N) is 4. The minimum atomic E-state index is -4.90. The molecular weight excluding hydrogens is 387 g/mol. The number of fused-ring (bicyclic) bond motifs is 2. The molecule has 10 heteroatoms. The number of nitrogens with one attached hydrogen (secondary N) is 1. The zero-order valence-electron chi connectivity index (χ0n) is 15.5. The van der Waals surface area contributed by atoms with Gasteiger partial charge in [-0.05, 0) is 37.5 Å². The Morgan fingerprint density at radius 1 is 1.38 bits per heavy atom. The van der Waals surface area contributed by atoms with Gasteiger partial charge in [0.05, 0.1) is 18.3 Å². The Bertz CT molecular complexity index is 981. The maximum Gasteiger partial charge on any atom is 0.573 e. The molecule has 3 heterocycles. The number of amides is 1. The predicted octanol–water partition coefficient (Wildman–Crippen LogP) is 2.80. The number of nitriles is 1. The summed E-state index contributed by atoms with van der Waals surface area (Å²) in [6.45, 7) is 0. The molecule has 0 unspecified atom stereocenters. The number of carbonyl (C=O) groups is 1. The number of aromatic nitrogens is 2. The summed E-state index contributed by atoms with van der Waals surface area (Å²) in [5, 5.41) is 16.1. The predicted molar refractivity (Wildman–Crippen MR) is 95.5 cm³/mol. The van der Waals surface area contributed by atoms with E-state index in [1.807, 2.05) is 0 Å². The molecule has 2 aliphatic rings. The Balaban J connectivity index is 1.58. The van der Waals surface area contributed by atoms with Crippen molar-refractivity contribution in [3.63, 3.8) is 0 Å². The summed E-state index contributed by atoms with van der Waals surface area (Å²) in [7, 11) is 1.65. The molecular formula is C19H18F3N5O2. The van der Waals surface area contributed by atoms with Crippen molar-refractivity contribution < 1.29 is 22.7 Å². The van der Waals surface area contributed by atoms with E-state index in [0.717, 1.165) is 18.9 Å². The first-order valence-corrected chi connectivity index (χ1v) is 9.13. The van der Waals surface area contributed by atoms with Crippen molar-refractivity contribution >= 4 is 5.91 Å². The smallest absolute Gasteiger partial charge is 0.405 e. The molecule has 3 atom stereocenters. The lowest BCUT2D eigenvalue weighted by Gasteiger charge is -2.22. The van der Waals surface area contributed by atoms with Crippen molar-refractivity contribution in [1.82, 2.24) is 20.0 Å². The van der Waals surface area contributed by atoms with E-state index in [0.29, 0.717) is 12.0 Å². The molecule has 2 bridgehead atoms. The van der Waals surface area contributed by atoms with Crippen LogP contribution in [0.4, 0.5) is 13.2 Å². The third-order valence-electron chi connectivity index (χ3n) is 5.45. The Morgan fingerprint density at radius 3 is 2.79 bits per heavy atom. The van der Waals surface area contributed by atoms with Gasteiger partial charge >= 0.3 is 6.36 Å². The van der Waals surface area contributed by atoms with Crippen molar-refractivity contribution in [1.29, 1.82) is 5.26 Å². The van der Waals surface area contributed by atoms with Gasteiger partial charge < -0.3 is 15.0 Å². The molecule has 152 valence electrons. The molecule has 1 aromatic heterocycles. The van der Waals surface area contributed by atoms with Gasteiger partial charge in [-0.15, -0.1) is 13.2 Å². The topological polar surface area (TPSA) is 83.2 Å². The molecule has 2 saturated heterocycles. The second-order valence-corrected chi connectivity index (χ2v) is 7.28. The lowest BCUT2D eigenvalue weighted by molar-refractivity contribution is -0.274. The van der Waals surface area contributed by atoms with Crippen LogP contribution in [0.5, 0.6) is 5.75 Å². The summed E-state index contributed by atoms with van der Waals surface area (Å²) < 4.78 is 44.4. The lowest BCUT2D eigenvalue weighted by Crippen LogP contribution is -2.43. The van der Waals surface area contributed by atoms with Gasteiger partial charge in [-0.2, -0.15) is 10.4 Å². The molecule has 1 amide bonds. The third kappa shape index (κ3) is 3.72. The van der Waals surface area contributed by atoms with Crippen molar-refractivity contribution in [2.75, 3.05) is 0 Å². The standard InChI is InChI=1S/C19H18F3N5O2/c1-26-9-12(8-24-26)14-4-2-11(6-17(14)29-19(20,21)22)18(28)25-15-7-13-3-5-16(15)27(13)10-23/h2,4,6,8-9,13,15-16H,3,5,7H2,1H3,(H,25,28)/t13-,15+,16+/m0/s1.